The first kappa shape index (κ1) is 15.5. The van der Waals surface area contributed by atoms with Crippen molar-refractivity contribution in [1.29, 1.82) is 0 Å². The Hall–Kier alpha value is -2.38. The molecule has 3 rings (SSSR count). The molecule has 4 unspecified atom stereocenters. The zero-order valence-electron chi connectivity index (χ0n) is 12.1. The predicted octanol–water partition coefficient (Wildman–Crippen LogP) is 0.128. The molecular weight excluding hydrogens is 304 g/mol. The largest absolute Gasteiger partial charge is 0.508 e. The van der Waals surface area contributed by atoms with E-state index in [-0.39, 0.29) is 18.6 Å². The van der Waals surface area contributed by atoms with E-state index in [2.05, 4.69) is 0 Å². The Morgan fingerprint density at radius 1 is 1.30 bits per heavy atom. The fourth-order valence-corrected chi connectivity index (χ4v) is 2.80. The topological polar surface area (TPSA) is 113 Å². The quantitative estimate of drug-likeness (QED) is 0.536. The molecule has 0 radical (unpaired) electrons. The zero-order valence-corrected chi connectivity index (χ0v) is 12.1. The van der Waals surface area contributed by atoms with Gasteiger partial charge in [0.15, 0.2) is 5.60 Å². The lowest BCUT2D eigenvalue weighted by Crippen LogP contribution is -2.50. The second kappa shape index (κ2) is 5.68. The third-order valence-corrected chi connectivity index (χ3v) is 4.05. The second-order valence-electron chi connectivity index (χ2n) is 5.77. The van der Waals surface area contributed by atoms with E-state index in [1.807, 2.05) is 0 Å². The van der Waals surface area contributed by atoms with Crippen molar-refractivity contribution in [2.75, 3.05) is 0 Å². The molecule has 4 atom stereocenters. The molecule has 1 aliphatic carbocycles. The SMILES string of the molecule is O=C(C=Cc1ccc(O)cc1)OC1CC2(O)CC(OC2=O)C1O. The summed E-state index contributed by atoms with van der Waals surface area (Å²) in [6, 6.07) is 6.19. The standard InChI is InChI=1S/C16H16O7/c17-10-4-1-9(2-5-10)3-6-13(18)22-11-7-16(21)8-12(14(11)19)23-15(16)20/h1-6,11-12,14,17,19,21H,7-8H2. The van der Waals surface area contributed by atoms with Gasteiger partial charge in [0, 0.05) is 18.9 Å². The summed E-state index contributed by atoms with van der Waals surface area (Å²) in [7, 11) is 0. The van der Waals surface area contributed by atoms with Gasteiger partial charge in [-0.05, 0) is 23.8 Å². The molecular formula is C16H16O7. The summed E-state index contributed by atoms with van der Waals surface area (Å²) in [5.74, 6) is -1.39. The number of benzene rings is 1. The Labute approximate surface area is 131 Å². The predicted molar refractivity (Wildman–Crippen MR) is 77.1 cm³/mol. The van der Waals surface area contributed by atoms with Crippen LogP contribution in [0.25, 0.3) is 6.08 Å². The van der Waals surface area contributed by atoms with Gasteiger partial charge in [-0.15, -0.1) is 0 Å². The van der Waals surface area contributed by atoms with Crippen molar-refractivity contribution in [2.24, 2.45) is 0 Å². The smallest absolute Gasteiger partial charge is 0.338 e. The summed E-state index contributed by atoms with van der Waals surface area (Å²) in [6.45, 7) is 0. The van der Waals surface area contributed by atoms with Crippen LogP contribution in [-0.4, -0.2) is 51.2 Å². The molecule has 7 nitrogen and oxygen atoms in total. The van der Waals surface area contributed by atoms with Gasteiger partial charge in [0.25, 0.3) is 0 Å². The lowest BCUT2D eigenvalue weighted by Gasteiger charge is -2.32. The first-order valence-corrected chi connectivity index (χ1v) is 7.17. The maximum atomic E-state index is 11.8. The fraction of sp³-hybridized carbons (Fsp3) is 0.375. The van der Waals surface area contributed by atoms with Crippen molar-refractivity contribution in [3.8, 4) is 5.75 Å². The number of aliphatic hydroxyl groups is 2. The number of aromatic hydroxyl groups is 1. The number of hydrogen-bond donors (Lipinski definition) is 3. The van der Waals surface area contributed by atoms with Crippen LogP contribution in [0.5, 0.6) is 5.75 Å². The molecule has 0 spiro atoms. The lowest BCUT2D eigenvalue weighted by molar-refractivity contribution is -0.162. The molecule has 0 amide bonds. The van der Waals surface area contributed by atoms with Crippen LogP contribution in [0, 0.1) is 0 Å². The summed E-state index contributed by atoms with van der Waals surface area (Å²) in [4.78, 5) is 23.4. The average Bonchev–Trinajstić information content (AvgIpc) is 2.76. The molecule has 1 saturated carbocycles. The van der Waals surface area contributed by atoms with Crippen LogP contribution in [0.15, 0.2) is 30.3 Å². The molecule has 1 aromatic carbocycles. The first-order chi connectivity index (χ1) is 10.9. The maximum absolute atomic E-state index is 11.8. The number of phenolic OH excluding ortho intramolecular Hbond substituents is 1. The molecule has 23 heavy (non-hydrogen) atoms. The second-order valence-corrected chi connectivity index (χ2v) is 5.77. The Morgan fingerprint density at radius 3 is 2.70 bits per heavy atom. The molecule has 1 aliphatic heterocycles. The molecule has 2 bridgehead atoms. The summed E-state index contributed by atoms with van der Waals surface area (Å²) < 4.78 is 10.0. The third-order valence-electron chi connectivity index (χ3n) is 4.05. The number of hydrogen-bond acceptors (Lipinski definition) is 7. The van der Waals surface area contributed by atoms with Gasteiger partial charge in [-0.3, -0.25) is 0 Å². The highest BCUT2D eigenvalue weighted by Gasteiger charge is 2.58. The van der Waals surface area contributed by atoms with Gasteiger partial charge in [-0.2, -0.15) is 0 Å². The van der Waals surface area contributed by atoms with Crippen LogP contribution >= 0.6 is 0 Å². The molecule has 3 N–H and O–H groups in total. The van der Waals surface area contributed by atoms with E-state index in [0.29, 0.717) is 5.56 Å². The number of fused-ring (bicyclic) bond motifs is 2. The van der Waals surface area contributed by atoms with Gasteiger partial charge in [0.2, 0.25) is 0 Å². The maximum Gasteiger partial charge on any atom is 0.338 e. The Bertz CT molecular complexity index is 651. The van der Waals surface area contributed by atoms with Gasteiger partial charge >= 0.3 is 11.9 Å². The van der Waals surface area contributed by atoms with Crippen LogP contribution in [0.4, 0.5) is 0 Å². The first-order valence-electron chi connectivity index (χ1n) is 7.17. The van der Waals surface area contributed by atoms with Crippen molar-refractivity contribution in [1.82, 2.24) is 0 Å². The van der Waals surface area contributed by atoms with Gasteiger partial charge in [0.1, 0.15) is 24.1 Å². The number of esters is 2. The molecule has 1 saturated heterocycles. The zero-order chi connectivity index (χ0) is 16.6. The highest BCUT2D eigenvalue weighted by Crippen LogP contribution is 2.39. The average molecular weight is 320 g/mol. The summed E-state index contributed by atoms with van der Waals surface area (Å²) in [6.07, 6.45) is -0.563. The Balaban J connectivity index is 1.64. The van der Waals surface area contributed by atoms with E-state index in [9.17, 15) is 24.9 Å². The van der Waals surface area contributed by atoms with Gasteiger partial charge in [0.05, 0.1) is 0 Å². The van der Waals surface area contributed by atoms with Gasteiger partial charge < -0.3 is 24.8 Å². The van der Waals surface area contributed by atoms with E-state index in [1.54, 1.807) is 12.1 Å². The number of carbonyl (C=O) groups excluding carboxylic acids is 2. The Morgan fingerprint density at radius 2 is 2.00 bits per heavy atom. The lowest BCUT2D eigenvalue weighted by atomic mass is 9.82. The Kier molecular flexibility index (Phi) is 3.83. The van der Waals surface area contributed by atoms with E-state index in [1.165, 1.54) is 24.3 Å². The normalized spacial score (nSPS) is 32.8. The molecule has 1 heterocycles. The minimum Gasteiger partial charge on any atom is -0.508 e. The number of rotatable bonds is 3. The molecule has 0 aromatic heterocycles. The van der Waals surface area contributed by atoms with Crippen LogP contribution in [-0.2, 0) is 19.1 Å². The van der Waals surface area contributed by atoms with E-state index < -0.39 is 35.9 Å². The van der Waals surface area contributed by atoms with Crippen LogP contribution in [0.3, 0.4) is 0 Å². The van der Waals surface area contributed by atoms with Crippen LogP contribution < -0.4 is 0 Å². The van der Waals surface area contributed by atoms with Gasteiger partial charge in [-0.25, -0.2) is 9.59 Å². The molecule has 2 fully saturated rings. The van der Waals surface area contributed by atoms with E-state index in [4.69, 9.17) is 9.47 Å². The van der Waals surface area contributed by atoms with Crippen molar-refractivity contribution in [3.63, 3.8) is 0 Å². The third kappa shape index (κ3) is 3.06. The molecule has 2 aliphatic rings. The molecule has 7 heteroatoms. The van der Waals surface area contributed by atoms with Crippen molar-refractivity contribution in [3.05, 3.63) is 35.9 Å². The van der Waals surface area contributed by atoms with Crippen molar-refractivity contribution >= 4 is 18.0 Å². The minimum absolute atomic E-state index is 0.00436. The number of ether oxygens (including phenoxy) is 2. The number of phenols is 1. The number of aliphatic hydroxyl groups excluding tert-OH is 1. The molecule has 122 valence electrons. The van der Waals surface area contributed by atoms with Gasteiger partial charge in [-0.1, -0.05) is 12.1 Å². The van der Waals surface area contributed by atoms with Crippen LogP contribution in [0.2, 0.25) is 0 Å². The summed E-state index contributed by atoms with van der Waals surface area (Å²) in [5, 5.41) is 29.3. The fourth-order valence-electron chi connectivity index (χ4n) is 2.80. The van der Waals surface area contributed by atoms with Crippen LogP contribution in [0.1, 0.15) is 18.4 Å². The van der Waals surface area contributed by atoms with E-state index in [0.717, 1.165) is 0 Å². The monoisotopic (exact) mass is 320 g/mol. The minimum atomic E-state index is -1.70. The highest BCUT2D eigenvalue weighted by molar-refractivity contribution is 5.87. The van der Waals surface area contributed by atoms with E-state index >= 15 is 0 Å². The summed E-state index contributed by atoms with van der Waals surface area (Å²) >= 11 is 0. The van der Waals surface area contributed by atoms with Crippen molar-refractivity contribution in [2.45, 2.75) is 36.8 Å². The molecule has 1 aromatic rings. The van der Waals surface area contributed by atoms with Crippen molar-refractivity contribution < 1.29 is 34.4 Å². The number of carbonyl (C=O) groups is 2. The summed E-state index contributed by atoms with van der Waals surface area (Å²) in [5.41, 5.74) is -1.02. The highest BCUT2D eigenvalue weighted by atomic mass is 16.6.